The highest BCUT2D eigenvalue weighted by Crippen LogP contribution is 2.32. The van der Waals surface area contributed by atoms with Gasteiger partial charge in [0.05, 0.1) is 5.92 Å². The molecule has 0 fully saturated rings. The van der Waals surface area contributed by atoms with Gasteiger partial charge in [-0.1, -0.05) is 32.3 Å². The number of aryl methyl sites for hydroxylation is 1. The van der Waals surface area contributed by atoms with E-state index in [9.17, 15) is 23.1 Å². The molecule has 0 radical (unpaired) electrons. The third kappa shape index (κ3) is 5.65. The molecule has 0 aliphatic heterocycles. The second-order valence-electron chi connectivity index (χ2n) is 6.71. The molecule has 1 unspecified atom stereocenters. The summed E-state index contributed by atoms with van der Waals surface area (Å²) in [5.41, 5.74) is 1.83. The lowest BCUT2D eigenvalue weighted by Crippen LogP contribution is -2.37. The van der Waals surface area contributed by atoms with Gasteiger partial charge in [-0.25, -0.2) is 0 Å². The van der Waals surface area contributed by atoms with Crippen molar-refractivity contribution in [2.45, 2.75) is 70.6 Å². The third-order valence-electron chi connectivity index (χ3n) is 4.69. The Kier molecular flexibility index (Phi) is 6.73. The van der Waals surface area contributed by atoms with Gasteiger partial charge in [0.25, 0.3) is 0 Å². The molecule has 140 valence electrons. The summed E-state index contributed by atoms with van der Waals surface area (Å²) < 4.78 is 44.3. The number of fused-ring (bicyclic) bond motifs is 1. The Morgan fingerprint density at radius 2 is 2.04 bits per heavy atom. The predicted octanol–water partition coefficient (Wildman–Crippen LogP) is 4.94. The zero-order valence-corrected chi connectivity index (χ0v) is 14.4. The van der Waals surface area contributed by atoms with Gasteiger partial charge in [-0.3, -0.25) is 4.79 Å². The van der Waals surface area contributed by atoms with Crippen LogP contribution < -0.4 is 0 Å². The number of halogens is 3. The van der Waals surface area contributed by atoms with E-state index in [4.69, 9.17) is 4.74 Å². The van der Waals surface area contributed by atoms with Crippen molar-refractivity contribution in [2.75, 3.05) is 0 Å². The van der Waals surface area contributed by atoms with Gasteiger partial charge in [-0.2, -0.15) is 13.2 Å². The fourth-order valence-electron chi connectivity index (χ4n) is 3.22. The number of unbranched alkanes of at least 4 members (excludes halogenated alkanes) is 3. The molecule has 25 heavy (non-hydrogen) atoms. The van der Waals surface area contributed by atoms with E-state index in [1.807, 2.05) is 6.92 Å². The Morgan fingerprint density at radius 1 is 1.28 bits per heavy atom. The number of phenols is 1. The average molecular weight is 358 g/mol. The van der Waals surface area contributed by atoms with Crippen molar-refractivity contribution in [1.82, 2.24) is 0 Å². The van der Waals surface area contributed by atoms with Gasteiger partial charge >= 0.3 is 12.1 Å². The zero-order chi connectivity index (χ0) is 18.4. The highest BCUT2D eigenvalue weighted by molar-refractivity contribution is 5.73. The number of alkyl halides is 3. The minimum Gasteiger partial charge on any atom is -0.508 e. The predicted molar refractivity (Wildman–Crippen MR) is 88.3 cm³/mol. The molecule has 3 nitrogen and oxygen atoms in total. The maximum absolute atomic E-state index is 13.1. The summed E-state index contributed by atoms with van der Waals surface area (Å²) in [6.07, 6.45) is -2.44. The van der Waals surface area contributed by atoms with Crippen LogP contribution in [-0.2, 0) is 22.4 Å². The van der Waals surface area contributed by atoms with Crippen LogP contribution in [0, 0.1) is 5.92 Å². The monoisotopic (exact) mass is 358 g/mol. The quantitative estimate of drug-likeness (QED) is 0.555. The number of esters is 1. The van der Waals surface area contributed by atoms with Crippen LogP contribution >= 0.6 is 0 Å². The van der Waals surface area contributed by atoms with Crippen LogP contribution in [0.3, 0.4) is 0 Å². The molecule has 0 bridgehead atoms. The Bertz CT molecular complexity index is 584. The summed E-state index contributed by atoms with van der Waals surface area (Å²) in [6.45, 7) is 1.99. The first-order chi connectivity index (χ1) is 11.8. The van der Waals surface area contributed by atoms with E-state index in [1.54, 1.807) is 12.1 Å². The lowest BCUT2D eigenvalue weighted by atomic mass is 9.84. The highest BCUT2D eigenvalue weighted by atomic mass is 19.4. The first-order valence-corrected chi connectivity index (χ1v) is 8.89. The smallest absolute Gasteiger partial charge is 0.425 e. The lowest BCUT2D eigenvalue weighted by molar-refractivity contribution is -0.225. The number of ether oxygens (including phenoxy) is 1. The minimum absolute atomic E-state index is 0.156. The van der Waals surface area contributed by atoms with Crippen LogP contribution in [0.1, 0.15) is 56.6 Å². The molecule has 0 amide bonds. The summed E-state index contributed by atoms with van der Waals surface area (Å²) in [7, 11) is 0. The largest absolute Gasteiger partial charge is 0.508 e. The van der Waals surface area contributed by atoms with Crippen molar-refractivity contribution < 1.29 is 27.8 Å². The Labute approximate surface area is 146 Å². The molecule has 6 heteroatoms. The molecule has 1 aromatic rings. The van der Waals surface area contributed by atoms with Gasteiger partial charge in [0.1, 0.15) is 5.75 Å². The van der Waals surface area contributed by atoms with Crippen LogP contribution in [0.4, 0.5) is 13.2 Å². The van der Waals surface area contributed by atoms with Crippen molar-refractivity contribution in [3.63, 3.8) is 0 Å². The van der Waals surface area contributed by atoms with Gasteiger partial charge < -0.3 is 9.84 Å². The van der Waals surface area contributed by atoms with E-state index < -0.39 is 24.2 Å². The number of hydrogen-bond acceptors (Lipinski definition) is 3. The van der Waals surface area contributed by atoms with Crippen molar-refractivity contribution in [3.05, 3.63) is 29.3 Å². The topological polar surface area (TPSA) is 46.5 Å². The van der Waals surface area contributed by atoms with Crippen molar-refractivity contribution >= 4 is 5.97 Å². The summed E-state index contributed by atoms with van der Waals surface area (Å²) in [6, 6.07) is 4.89. The van der Waals surface area contributed by atoms with Gasteiger partial charge in [0.15, 0.2) is 6.10 Å². The molecule has 1 aliphatic carbocycles. The van der Waals surface area contributed by atoms with Crippen LogP contribution in [0.2, 0.25) is 0 Å². The summed E-state index contributed by atoms with van der Waals surface area (Å²) in [5.74, 6) is -1.17. The summed E-state index contributed by atoms with van der Waals surface area (Å²) in [5, 5.41) is 9.48. The van der Waals surface area contributed by atoms with Crippen molar-refractivity contribution in [1.29, 1.82) is 0 Å². The second-order valence-corrected chi connectivity index (χ2v) is 6.71. The molecule has 0 heterocycles. The van der Waals surface area contributed by atoms with Gasteiger partial charge in [0.2, 0.25) is 0 Å². The zero-order valence-electron chi connectivity index (χ0n) is 14.4. The van der Waals surface area contributed by atoms with Crippen LogP contribution in [0.25, 0.3) is 0 Å². The number of hydrogen-bond donors (Lipinski definition) is 1. The minimum atomic E-state index is -4.53. The summed E-state index contributed by atoms with van der Waals surface area (Å²) in [4.78, 5) is 12.2. The SMILES string of the molecule is CCCCCC[C@@H](OC(=O)C1CCc2cc(O)ccc2C1)C(F)(F)F. The van der Waals surface area contributed by atoms with Crippen LogP contribution in [0.15, 0.2) is 18.2 Å². The molecule has 1 aromatic carbocycles. The van der Waals surface area contributed by atoms with E-state index in [2.05, 4.69) is 0 Å². The van der Waals surface area contributed by atoms with Gasteiger partial charge in [0, 0.05) is 0 Å². The van der Waals surface area contributed by atoms with E-state index in [1.165, 1.54) is 6.07 Å². The van der Waals surface area contributed by atoms with E-state index in [-0.39, 0.29) is 12.2 Å². The van der Waals surface area contributed by atoms with E-state index in [0.29, 0.717) is 32.1 Å². The maximum atomic E-state index is 13.1. The van der Waals surface area contributed by atoms with E-state index >= 15 is 0 Å². The Hall–Kier alpha value is -1.72. The molecule has 1 aliphatic rings. The molecule has 0 spiro atoms. The molecule has 0 aromatic heterocycles. The normalized spacial score (nSPS) is 18.5. The number of carbonyl (C=O) groups is 1. The molecule has 0 saturated carbocycles. The molecular formula is C19H25F3O3. The first-order valence-electron chi connectivity index (χ1n) is 8.89. The first kappa shape index (κ1) is 19.6. The van der Waals surface area contributed by atoms with E-state index in [0.717, 1.165) is 24.0 Å². The van der Waals surface area contributed by atoms with Crippen LogP contribution in [0.5, 0.6) is 5.75 Å². The maximum Gasteiger partial charge on any atom is 0.425 e. The molecule has 2 atom stereocenters. The number of rotatable bonds is 7. The molecule has 0 saturated heterocycles. The Morgan fingerprint density at radius 3 is 2.72 bits per heavy atom. The fraction of sp³-hybridized carbons (Fsp3) is 0.632. The van der Waals surface area contributed by atoms with Crippen LogP contribution in [-0.4, -0.2) is 23.4 Å². The number of aromatic hydroxyl groups is 1. The van der Waals surface area contributed by atoms with Gasteiger partial charge in [-0.05, 0) is 55.4 Å². The Balaban J connectivity index is 1.95. The molecular weight excluding hydrogens is 333 g/mol. The summed E-state index contributed by atoms with van der Waals surface area (Å²) >= 11 is 0. The number of phenolic OH excluding ortho intramolecular Hbond substituents is 1. The molecule has 2 rings (SSSR count). The van der Waals surface area contributed by atoms with Crippen molar-refractivity contribution in [3.8, 4) is 5.75 Å². The highest BCUT2D eigenvalue weighted by Gasteiger charge is 2.43. The lowest BCUT2D eigenvalue weighted by Gasteiger charge is -2.27. The van der Waals surface area contributed by atoms with Gasteiger partial charge in [-0.15, -0.1) is 0 Å². The molecule has 1 N–H and O–H groups in total. The third-order valence-corrected chi connectivity index (χ3v) is 4.69. The van der Waals surface area contributed by atoms with Crippen molar-refractivity contribution in [2.24, 2.45) is 5.92 Å². The number of benzene rings is 1. The second kappa shape index (κ2) is 8.59. The fourth-order valence-corrected chi connectivity index (χ4v) is 3.22. The average Bonchev–Trinajstić information content (AvgIpc) is 2.56. The number of carbonyl (C=O) groups excluding carboxylic acids is 1. The standard InChI is InChI=1S/C19H25F3O3/c1-2-3-4-5-6-17(19(20,21)22)25-18(24)15-8-7-14-12-16(23)10-9-13(14)11-15/h9-10,12,15,17,23H,2-8,11H2,1H3/t15?,17-/m1/s1.